The molecule has 0 aliphatic heterocycles. The second kappa shape index (κ2) is 5.84. The maximum absolute atomic E-state index is 5.87. The van der Waals surface area contributed by atoms with Crippen molar-refractivity contribution < 1.29 is 9.47 Å². The minimum Gasteiger partial charge on any atom is -0.496 e. The van der Waals surface area contributed by atoms with Gasteiger partial charge in [-0.2, -0.15) is 0 Å². The Bertz CT molecular complexity index is 1420. The van der Waals surface area contributed by atoms with Crippen LogP contribution in [0.4, 0.5) is 0 Å². The van der Waals surface area contributed by atoms with E-state index in [9.17, 15) is 0 Å². The lowest BCUT2D eigenvalue weighted by Crippen LogP contribution is -1.91. The summed E-state index contributed by atoms with van der Waals surface area (Å²) in [5.41, 5.74) is 0. The third-order valence-electron chi connectivity index (χ3n) is 5.62. The van der Waals surface area contributed by atoms with E-state index in [1.165, 1.54) is 52.5 Å². The molecule has 2 nitrogen and oxygen atoms in total. The van der Waals surface area contributed by atoms with Gasteiger partial charge in [-0.15, -0.1) is 22.7 Å². The molecule has 0 atom stereocenters. The van der Waals surface area contributed by atoms with Gasteiger partial charge in [0.05, 0.1) is 14.2 Å². The molecule has 0 fully saturated rings. The Hall–Kier alpha value is -2.82. The Labute approximate surface area is 169 Å². The summed E-state index contributed by atoms with van der Waals surface area (Å²) in [5.74, 6) is 1.84. The van der Waals surface area contributed by atoms with Gasteiger partial charge in [-0.25, -0.2) is 0 Å². The van der Waals surface area contributed by atoms with E-state index < -0.39 is 0 Å². The highest BCUT2D eigenvalue weighted by Gasteiger charge is 2.17. The SMILES string of the molecule is COc1cc2c(cc(OC)c3c4ccsc4ccc23)c2ccc3sccc3c12. The highest BCUT2D eigenvalue weighted by Crippen LogP contribution is 2.45. The molecule has 4 heteroatoms. The molecule has 0 bridgehead atoms. The summed E-state index contributed by atoms with van der Waals surface area (Å²) in [7, 11) is 3.52. The Balaban J connectivity index is 1.92. The first-order chi connectivity index (χ1) is 13.8. The first-order valence-electron chi connectivity index (χ1n) is 9.07. The predicted octanol–water partition coefficient (Wildman–Crippen LogP) is 7.59. The normalized spacial score (nSPS) is 11.9. The van der Waals surface area contributed by atoms with Crippen LogP contribution >= 0.6 is 22.7 Å². The van der Waals surface area contributed by atoms with Gasteiger partial charge in [0.1, 0.15) is 11.5 Å². The molecule has 0 saturated heterocycles. The number of methoxy groups -OCH3 is 2. The van der Waals surface area contributed by atoms with Crippen molar-refractivity contribution in [3.8, 4) is 11.5 Å². The van der Waals surface area contributed by atoms with Crippen LogP contribution in [0.5, 0.6) is 11.5 Å². The van der Waals surface area contributed by atoms with Crippen molar-refractivity contribution in [1.29, 1.82) is 0 Å². The van der Waals surface area contributed by atoms with Gasteiger partial charge in [0.25, 0.3) is 0 Å². The first kappa shape index (κ1) is 16.2. The number of ether oxygens (including phenoxy) is 2. The molecule has 6 aromatic rings. The number of hydrogen-bond donors (Lipinski definition) is 0. The lowest BCUT2D eigenvalue weighted by Gasteiger charge is -2.15. The Morgan fingerprint density at radius 3 is 1.43 bits per heavy atom. The Kier molecular flexibility index (Phi) is 3.37. The van der Waals surface area contributed by atoms with Crippen LogP contribution in [0.3, 0.4) is 0 Å². The van der Waals surface area contributed by atoms with Gasteiger partial charge in [0, 0.05) is 30.9 Å². The Morgan fingerprint density at radius 1 is 0.536 bits per heavy atom. The Morgan fingerprint density at radius 2 is 1.00 bits per heavy atom. The van der Waals surface area contributed by atoms with Gasteiger partial charge in [-0.1, -0.05) is 12.1 Å². The standard InChI is InChI=1S/C24H16O2S2/c1-25-19-11-17-14-4-6-22-16(8-10-28-22)24(14)20(26-2)12-18(17)13-3-5-21-15(23(13)19)7-9-27-21/h3-12H,1-2H3. The van der Waals surface area contributed by atoms with Crippen LogP contribution in [0.15, 0.2) is 59.3 Å². The molecule has 0 amide bonds. The largest absolute Gasteiger partial charge is 0.496 e. The minimum absolute atomic E-state index is 0.920. The summed E-state index contributed by atoms with van der Waals surface area (Å²) >= 11 is 3.52. The first-order valence-corrected chi connectivity index (χ1v) is 10.8. The van der Waals surface area contributed by atoms with Gasteiger partial charge in [0.15, 0.2) is 0 Å². The van der Waals surface area contributed by atoms with Gasteiger partial charge < -0.3 is 9.47 Å². The van der Waals surface area contributed by atoms with Crippen LogP contribution in [0.2, 0.25) is 0 Å². The zero-order valence-electron chi connectivity index (χ0n) is 15.4. The van der Waals surface area contributed by atoms with Crippen molar-refractivity contribution in [2.45, 2.75) is 0 Å². The maximum Gasteiger partial charge on any atom is 0.128 e. The molecule has 0 aliphatic carbocycles. The van der Waals surface area contributed by atoms with Crippen LogP contribution < -0.4 is 9.47 Å². The lowest BCUT2D eigenvalue weighted by atomic mass is 9.93. The van der Waals surface area contributed by atoms with Gasteiger partial charge >= 0.3 is 0 Å². The van der Waals surface area contributed by atoms with Gasteiger partial charge in [-0.3, -0.25) is 0 Å². The predicted molar refractivity (Wildman–Crippen MR) is 123 cm³/mol. The number of fused-ring (bicyclic) bond motifs is 9. The van der Waals surface area contributed by atoms with Crippen LogP contribution in [0.1, 0.15) is 0 Å². The molecule has 2 aromatic heterocycles. The van der Waals surface area contributed by atoms with Crippen molar-refractivity contribution in [2.75, 3.05) is 14.2 Å². The zero-order valence-corrected chi connectivity index (χ0v) is 17.0. The third-order valence-corrected chi connectivity index (χ3v) is 7.39. The summed E-state index contributed by atoms with van der Waals surface area (Å²) in [6, 6.07) is 17.6. The smallest absolute Gasteiger partial charge is 0.128 e. The molecule has 136 valence electrons. The molecule has 0 unspecified atom stereocenters. The van der Waals surface area contributed by atoms with Crippen molar-refractivity contribution in [1.82, 2.24) is 0 Å². The summed E-state index contributed by atoms with van der Waals surface area (Å²) in [5, 5.41) is 13.9. The maximum atomic E-state index is 5.87. The van der Waals surface area contributed by atoms with E-state index >= 15 is 0 Å². The zero-order chi connectivity index (χ0) is 18.8. The third kappa shape index (κ3) is 2.02. The van der Waals surface area contributed by atoms with E-state index in [2.05, 4.69) is 59.3 Å². The molecule has 0 radical (unpaired) electrons. The van der Waals surface area contributed by atoms with E-state index in [0.29, 0.717) is 0 Å². The molecule has 28 heavy (non-hydrogen) atoms. The van der Waals surface area contributed by atoms with Crippen molar-refractivity contribution in [3.63, 3.8) is 0 Å². The summed E-state index contributed by atoms with van der Waals surface area (Å²) in [6.45, 7) is 0. The van der Waals surface area contributed by atoms with Crippen molar-refractivity contribution in [2.24, 2.45) is 0 Å². The van der Waals surface area contributed by atoms with Crippen LogP contribution in [0, 0.1) is 0 Å². The number of rotatable bonds is 2. The van der Waals surface area contributed by atoms with E-state index in [1.54, 1.807) is 36.9 Å². The molecule has 4 aromatic carbocycles. The molecule has 0 N–H and O–H groups in total. The molecular formula is C24H16O2S2. The van der Waals surface area contributed by atoms with Crippen LogP contribution in [-0.2, 0) is 0 Å². The quantitative estimate of drug-likeness (QED) is 0.279. The van der Waals surface area contributed by atoms with Crippen LogP contribution in [0.25, 0.3) is 52.5 Å². The van der Waals surface area contributed by atoms with Crippen molar-refractivity contribution >= 4 is 75.2 Å². The topological polar surface area (TPSA) is 18.5 Å². The van der Waals surface area contributed by atoms with Gasteiger partial charge in [0.2, 0.25) is 0 Å². The number of hydrogen-bond acceptors (Lipinski definition) is 4. The second-order valence-corrected chi connectivity index (χ2v) is 8.79. The van der Waals surface area contributed by atoms with Crippen LogP contribution in [-0.4, -0.2) is 14.2 Å². The fraction of sp³-hybridized carbons (Fsp3) is 0.0833. The fourth-order valence-electron chi connectivity index (χ4n) is 4.40. The number of benzene rings is 4. The molecule has 6 rings (SSSR count). The molecule has 0 saturated carbocycles. The summed E-state index contributed by atoms with van der Waals surface area (Å²) in [4.78, 5) is 0. The minimum atomic E-state index is 0.920. The summed E-state index contributed by atoms with van der Waals surface area (Å²) in [6.07, 6.45) is 0. The lowest BCUT2D eigenvalue weighted by molar-refractivity contribution is 0.420. The molecular weight excluding hydrogens is 384 g/mol. The van der Waals surface area contributed by atoms with E-state index in [4.69, 9.17) is 9.47 Å². The highest BCUT2D eigenvalue weighted by molar-refractivity contribution is 7.17. The highest BCUT2D eigenvalue weighted by atomic mass is 32.1. The number of thiophene rings is 2. The van der Waals surface area contributed by atoms with E-state index in [0.717, 1.165) is 11.5 Å². The summed E-state index contributed by atoms with van der Waals surface area (Å²) < 4.78 is 14.3. The molecule has 0 aliphatic rings. The van der Waals surface area contributed by atoms with E-state index in [-0.39, 0.29) is 0 Å². The molecule has 2 heterocycles. The van der Waals surface area contributed by atoms with Gasteiger partial charge in [-0.05, 0) is 68.7 Å². The fourth-order valence-corrected chi connectivity index (χ4v) is 5.99. The average Bonchev–Trinajstić information content (AvgIpc) is 3.40. The second-order valence-electron chi connectivity index (χ2n) is 6.89. The molecule has 0 spiro atoms. The average molecular weight is 401 g/mol. The van der Waals surface area contributed by atoms with Crippen molar-refractivity contribution in [3.05, 3.63) is 59.3 Å². The monoisotopic (exact) mass is 400 g/mol. The van der Waals surface area contributed by atoms with E-state index in [1.807, 2.05) is 0 Å².